The standard InChI is InChI=1S/C15H14N2O7S/c1-23-9-4-2-3-8(13(9)24-7-12(19)20)5-10-14(21)17(6-11(16)18)15(22)25-10/h2-5H,6-7H2,1H3,(H2,16,18)(H,19,20)/b10-5-. The van der Waals surface area contributed by atoms with Crippen molar-refractivity contribution in [3.63, 3.8) is 0 Å². The molecule has 0 atom stereocenters. The average molecular weight is 366 g/mol. The van der Waals surface area contributed by atoms with Gasteiger partial charge in [0.15, 0.2) is 18.1 Å². The van der Waals surface area contributed by atoms with Gasteiger partial charge in [-0.15, -0.1) is 0 Å². The van der Waals surface area contributed by atoms with E-state index in [9.17, 15) is 19.2 Å². The predicted octanol–water partition coefficient (Wildman–Crippen LogP) is 0.680. The molecule has 10 heteroatoms. The van der Waals surface area contributed by atoms with Crippen molar-refractivity contribution in [3.8, 4) is 11.5 Å². The molecule has 1 heterocycles. The maximum atomic E-state index is 12.2. The third-order valence-electron chi connectivity index (χ3n) is 3.04. The van der Waals surface area contributed by atoms with Gasteiger partial charge in [0.05, 0.1) is 12.0 Å². The van der Waals surface area contributed by atoms with E-state index in [4.69, 9.17) is 20.3 Å². The molecule has 0 aliphatic carbocycles. The Hall–Kier alpha value is -3.01. The molecule has 0 radical (unpaired) electrons. The largest absolute Gasteiger partial charge is 0.493 e. The summed E-state index contributed by atoms with van der Waals surface area (Å²) in [7, 11) is 1.38. The van der Waals surface area contributed by atoms with E-state index in [1.54, 1.807) is 18.2 Å². The van der Waals surface area contributed by atoms with Crippen LogP contribution < -0.4 is 15.2 Å². The summed E-state index contributed by atoms with van der Waals surface area (Å²) in [5.41, 5.74) is 5.37. The third kappa shape index (κ3) is 4.29. The van der Waals surface area contributed by atoms with Crippen molar-refractivity contribution in [2.24, 2.45) is 5.73 Å². The molecule has 1 fully saturated rings. The van der Waals surface area contributed by atoms with Gasteiger partial charge in [-0.25, -0.2) is 4.79 Å². The van der Waals surface area contributed by atoms with Gasteiger partial charge in [0.2, 0.25) is 5.91 Å². The number of nitrogens with two attached hydrogens (primary N) is 1. The van der Waals surface area contributed by atoms with Crippen LogP contribution in [-0.2, 0) is 14.4 Å². The van der Waals surface area contributed by atoms with E-state index in [1.807, 2.05) is 0 Å². The number of hydrogen-bond acceptors (Lipinski definition) is 7. The summed E-state index contributed by atoms with van der Waals surface area (Å²) in [5.74, 6) is -2.27. The van der Waals surface area contributed by atoms with Crippen molar-refractivity contribution in [3.05, 3.63) is 28.7 Å². The molecule has 9 nitrogen and oxygen atoms in total. The number of imide groups is 1. The molecular weight excluding hydrogens is 352 g/mol. The number of ether oxygens (including phenoxy) is 2. The molecule has 1 aromatic rings. The summed E-state index contributed by atoms with van der Waals surface area (Å²) in [6, 6.07) is 4.75. The highest BCUT2D eigenvalue weighted by atomic mass is 32.2. The van der Waals surface area contributed by atoms with Crippen molar-refractivity contribution in [2.75, 3.05) is 20.3 Å². The zero-order valence-electron chi connectivity index (χ0n) is 13.1. The Morgan fingerprint density at radius 1 is 1.36 bits per heavy atom. The van der Waals surface area contributed by atoms with Gasteiger partial charge in [0.25, 0.3) is 11.1 Å². The Morgan fingerprint density at radius 3 is 2.68 bits per heavy atom. The van der Waals surface area contributed by atoms with Gasteiger partial charge in [-0.1, -0.05) is 12.1 Å². The normalized spacial score (nSPS) is 15.6. The lowest BCUT2D eigenvalue weighted by atomic mass is 10.1. The smallest absolute Gasteiger partial charge is 0.341 e. The van der Waals surface area contributed by atoms with Gasteiger partial charge >= 0.3 is 5.97 Å². The topological polar surface area (TPSA) is 136 Å². The van der Waals surface area contributed by atoms with E-state index in [-0.39, 0.29) is 16.4 Å². The number of primary amides is 1. The minimum atomic E-state index is -1.18. The van der Waals surface area contributed by atoms with E-state index >= 15 is 0 Å². The molecule has 1 aliphatic heterocycles. The molecule has 0 saturated carbocycles. The van der Waals surface area contributed by atoms with Crippen LogP contribution >= 0.6 is 11.8 Å². The van der Waals surface area contributed by atoms with Crippen LogP contribution in [0.15, 0.2) is 23.1 Å². The first kappa shape index (κ1) is 18.3. The fourth-order valence-corrected chi connectivity index (χ4v) is 2.86. The summed E-state index contributed by atoms with van der Waals surface area (Å²) in [6.07, 6.45) is 1.37. The van der Waals surface area contributed by atoms with Crippen LogP contribution in [0.4, 0.5) is 4.79 Å². The number of benzene rings is 1. The van der Waals surface area contributed by atoms with E-state index in [0.717, 1.165) is 4.90 Å². The highest BCUT2D eigenvalue weighted by molar-refractivity contribution is 8.18. The summed E-state index contributed by atoms with van der Waals surface area (Å²) in [5, 5.41) is 8.15. The average Bonchev–Trinajstić information content (AvgIpc) is 2.80. The SMILES string of the molecule is COc1cccc(/C=C2\SC(=O)N(CC(N)=O)C2=O)c1OCC(=O)O. The molecule has 0 spiro atoms. The minimum absolute atomic E-state index is 0.0553. The van der Waals surface area contributed by atoms with Gasteiger partial charge in [0.1, 0.15) is 6.54 Å². The van der Waals surface area contributed by atoms with E-state index in [0.29, 0.717) is 17.3 Å². The lowest BCUT2D eigenvalue weighted by Gasteiger charge is -2.12. The lowest BCUT2D eigenvalue weighted by Crippen LogP contribution is -2.36. The van der Waals surface area contributed by atoms with E-state index in [1.165, 1.54) is 13.2 Å². The summed E-state index contributed by atoms with van der Waals surface area (Å²) >= 11 is 0.643. The monoisotopic (exact) mass is 366 g/mol. The highest BCUT2D eigenvalue weighted by Gasteiger charge is 2.36. The number of rotatable bonds is 7. The van der Waals surface area contributed by atoms with Crippen molar-refractivity contribution in [2.45, 2.75) is 0 Å². The summed E-state index contributed by atoms with van der Waals surface area (Å²) in [6.45, 7) is -1.12. The van der Waals surface area contributed by atoms with Crippen molar-refractivity contribution < 1.29 is 33.8 Å². The van der Waals surface area contributed by atoms with Gasteiger partial charge in [-0.3, -0.25) is 19.3 Å². The maximum absolute atomic E-state index is 12.2. The number of carbonyl (C=O) groups excluding carboxylic acids is 3. The molecule has 25 heavy (non-hydrogen) atoms. The number of carboxylic acid groups (broad SMARTS) is 1. The zero-order chi connectivity index (χ0) is 18.6. The summed E-state index contributed by atoms with van der Waals surface area (Å²) in [4.78, 5) is 46.5. The number of methoxy groups -OCH3 is 1. The first-order valence-corrected chi connectivity index (χ1v) is 7.70. The molecule has 0 aromatic heterocycles. The fourth-order valence-electron chi connectivity index (χ4n) is 2.03. The Labute approximate surface area is 146 Å². The number of nitrogens with zero attached hydrogens (tertiary/aromatic N) is 1. The van der Waals surface area contributed by atoms with Crippen LogP contribution in [0.1, 0.15) is 5.56 Å². The Bertz CT molecular complexity index is 775. The van der Waals surface area contributed by atoms with Crippen LogP contribution in [-0.4, -0.2) is 53.3 Å². The van der Waals surface area contributed by atoms with E-state index < -0.39 is 36.2 Å². The first-order valence-electron chi connectivity index (χ1n) is 6.88. The number of para-hydroxylation sites is 1. The zero-order valence-corrected chi connectivity index (χ0v) is 13.9. The quantitative estimate of drug-likeness (QED) is 0.672. The predicted molar refractivity (Wildman–Crippen MR) is 88.0 cm³/mol. The number of amides is 3. The van der Waals surface area contributed by atoms with Gasteiger partial charge in [0, 0.05) is 5.56 Å². The second-order valence-corrected chi connectivity index (χ2v) is 5.79. The number of thioether (sulfide) groups is 1. The van der Waals surface area contributed by atoms with Crippen LogP contribution in [0.25, 0.3) is 6.08 Å². The molecule has 1 aliphatic rings. The molecular formula is C15H14N2O7S. The number of aliphatic carboxylic acids is 1. The fraction of sp³-hybridized carbons (Fsp3) is 0.200. The molecule has 3 amide bonds. The maximum Gasteiger partial charge on any atom is 0.341 e. The Balaban J connectivity index is 2.37. The van der Waals surface area contributed by atoms with Crippen LogP contribution in [0, 0.1) is 0 Å². The second kappa shape index (κ2) is 7.71. The summed E-state index contributed by atoms with van der Waals surface area (Å²) < 4.78 is 10.3. The number of hydrogen-bond donors (Lipinski definition) is 2. The lowest BCUT2D eigenvalue weighted by molar-refractivity contribution is -0.139. The van der Waals surface area contributed by atoms with Gasteiger partial charge < -0.3 is 20.3 Å². The first-order chi connectivity index (χ1) is 11.8. The van der Waals surface area contributed by atoms with E-state index in [2.05, 4.69) is 0 Å². The molecule has 2 rings (SSSR count). The Morgan fingerprint density at radius 2 is 2.08 bits per heavy atom. The van der Waals surface area contributed by atoms with Crippen LogP contribution in [0.5, 0.6) is 11.5 Å². The van der Waals surface area contributed by atoms with Crippen molar-refractivity contribution in [1.82, 2.24) is 4.90 Å². The number of carboxylic acids is 1. The molecule has 0 bridgehead atoms. The molecule has 1 saturated heterocycles. The van der Waals surface area contributed by atoms with Crippen LogP contribution in [0.2, 0.25) is 0 Å². The van der Waals surface area contributed by atoms with Gasteiger partial charge in [-0.2, -0.15) is 0 Å². The number of carbonyl (C=O) groups is 4. The second-order valence-electron chi connectivity index (χ2n) is 4.80. The van der Waals surface area contributed by atoms with Crippen molar-refractivity contribution >= 4 is 40.9 Å². The molecule has 3 N–H and O–H groups in total. The molecule has 132 valence electrons. The molecule has 0 unspecified atom stereocenters. The van der Waals surface area contributed by atoms with Crippen molar-refractivity contribution in [1.29, 1.82) is 0 Å². The van der Waals surface area contributed by atoms with Crippen LogP contribution in [0.3, 0.4) is 0 Å². The third-order valence-corrected chi connectivity index (χ3v) is 3.95. The van der Waals surface area contributed by atoms with Gasteiger partial charge in [-0.05, 0) is 23.9 Å². The molecule has 1 aromatic carbocycles. The minimum Gasteiger partial charge on any atom is -0.493 e. The highest BCUT2D eigenvalue weighted by Crippen LogP contribution is 2.37. The Kier molecular flexibility index (Phi) is 5.65.